The first-order chi connectivity index (χ1) is 8.65. The number of halogens is 2. The van der Waals surface area contributed by atoms with Crippen LogP contribution in [0.5, 0.6) is 0 Å². The van der Waals surface area contributed by atoms with Gasteiger partial charge in [0.25, 0.3) is 0 Å². The van der Waals surface area contributed by atoms with Crippen LogP contribution in [0.4, 0.5) is 0 Å². The van der Waals surface area contributed by atoms with Gasteiger partial charge in [0.2, 0.25) is 5.91 Å². The maximum absolute atomic E-state index is 11.5. The minimum Gasteiger partial charge on any atom is -0.396 e. The van der Waals surface area contributed by atoms with Crippen LogP contribution >= 0.6 is 23.2 Å². The monoisotopic (exact) mass is 287 g/mol. The van der Waals surface area contributed by atoms with E-state index in [-0.39, 0.29) is 12.5 Å². The number of unbranched alkanes of at least 4 members (excludes halogenated alkanes) is 1. The van der Waals surface area contributed by atoms with Gasteiger partial charge in [-0.15, -0.1) is 0 Å². The summed E-state index contributed by atoms with van der Waals surface area (Å²) in [5, 5.41) is 12.3. The summed E-state index contributed by atoms with van der Waals surface area (Å²) in [5.74, 6) is -0.205. The number of carbonyl (C=O) groups excluding carboxylic acids is 1. The van der Waals surface area contributed by atoms with Crippen molar-refractivity contribution in [3.8, 4) is 0 Å². The van der Waals surface area contributed by atoms with E-state index in [1.54, 1.807) is 24.3 Å². The molecule has 0 spiro atoms. The van der Waals surface area contributed by atoms with Gasteiger partial charge in [0.1, 0.15) is 0 Å². The van der Waals surface area contributed by atoms with Crippen molar-refractivity contribution in [1.82, 2.24) is 5.32 Å². The van der Waals surface area contributed by atoms with Gasteiger partial charge in [-0.3, -0.25) is 4.79 Å². The van der Waals surface area contributed by atoms with Crippen molar-refractivity contribution < 1.29 is 9.90 Å². The lowest BCUT2D eigenvalue weighted by Crippen LogP contribution is -2.22. The molecule has 0 fully saturated rings. The molecule has 0 aliphatic heterocycles. The second-order valence-electron chi connectivity index (χ2n) is 3.69. The SMILES string of the molecule is O=C(/C=C/c1c(Cl)cccc1Cl)NCCCCO. The standard InChI is InChI=1S/C13H15Cl2NO2/c14-11-4-3-5-12(15)10(11)6-7-13(18)16-8-1-2-9-17/h3-7,17H,1-2,8-9H2,(H,16,18)/b7-6+. The molecule has 5 heteroatoms. The van der Waals surface area contributed by atoms with Crippen LogP contribution in [0.25, 0.3) is 6.08 Å². The van der Waals surface area contributed by atoms with Gasteiger partial charge in [-0.1, -0.05) is 29.3 Å². The van der Waals surface area contributed by atoms with E-state index < -0.39 is 0 Å². The van der Waals surface area contributed by atoms with E-state index in [1.165, 1.54) is 6.08 Å². The quantitative estimate of drug-likeness (QED) is 0.624. The third-order valence-corrected chi connectivity index (χ3v) is 2.94. The zero-order valence-corrected chi connectivity index (χ0v) is 11.3. The van der Waals surface area contributed by atoms with Crippen molar-refractivity contribution in [2.45, 2.75) is 12.8 Å². The highest BCUT2D eigenvalue weighted by Gasteiger charge is 2.02. The van der Waals surface area contributed by atoms with Crippen LogP contribution in [0.2, 0.25) is 10.0 Å². The molecule has 3 nitrogen and oxygen atoms in total. The zero-order valence-electron chi connectivity index (χ0n) is 9.83. The number of amides is 1. The fraction of sp³-hybridized carbons (Fsp3) is 0.308. The van der Waals surface area contributed by atoms with E-state index in [1.807, 2.05) is 0 Å². The molecule has 98 valence electrons. The van der Waals surface area contributed by atoms with Crippen LogP contribution in [-0.2, 0) is 4.79 Å². The van der Waals surface area contributed by atoms with E-state index in [9.17, 15) is 4.79 Å². The molecule has 0 aliphatic rings. The van der Waals surface area contributed by atoms with Gasteiger partial charge in [0.15, 0.2) is 0 Å². The molecule has 0 bridgehead atoms. The summed E-state index contributed by atoms with van der Waals surface area (Å²) in [6.45, 7) is 0.681. The van der Waals surface area contributed by atoms with Crippen LogP contribution in [0.1, 0.15) is 18.4 Å². The number of nitrogens with one attached hydrogen (secondary N) is 1. The van der Waals surface area contributed by atoms with Crippen LogP contribution in [0, 0.1) is 0 Å². The van der Waals surface area contributed by atoms with Crippen molar-refractivity contribution in [1.29, 1.82) is 0 Å². The Labute approximate surface area is 116 Å². The summed E-state index contributed by atoms with van der Waals surface area (Å²) in [6, 6.07) is 5.18. The van der Waals surface area contributed by atoms with E-state index in [0.29, 0.717) is 28.6 Å². The van der Waals surface area contributed by atoms with Gasteiger partial charge in [-0.25, -0.2) is 0 Å². The van der Waals surface area contributed by atoms with E-state index in [2.05, 4.69) is 5.32 Å². The van der Waals surface area contributed by atoms with Crippen LogP contribution < -0.4 is 5.32 Å². The van der Waals surface area contributed by atoms with Gasteiger partial charge in [-0.05, 0) is 31.1 Å². The summed E-state index contributed by atoms with van der Waals surface area (Å²) in [7, 11) is 0. The Morgan fingerprint density at radius 3 is 2.56 bits per heavy atom. The number of rotatable bonds is 6. The molecule has 1 rings (SSSR count). The maximum Gasteiger partial charge on any atom is 0.244 e. The third-order valence-electron chi connectivity index (χ3n) is 2.29. The van der Waals surface area contributed by atoms with Gasteiger partial charge >= 0.3 is 0 Å². The molecule has 0 saturated heterocycles. The van der Waals surface area contributed by atoms with Gasteiger partial charge < -0.3 is 10.4 Å². The first kappa shape index (κ1) is 15.0. The summed E-state index contributed by atoms with van der Waals surface area (Å²) in [6.07, 6.45) is 4.42. The Kier molecular flexibility index (Phi) is 6.80. The third kappa shape index (κ3) is 5.08. The maximum atomic E-state index is 11.5. The number of aliphatic hydroxyl groups excluding tert-OH is 1. The Morgan fingerprint density at radius 2 is 1.94 bits per heavy atom. The molecule has 1 amide bonds. The van der Waals surface area contributed by atoms with Crippen molar-refractivity contribution in [3.05, 3.63) is 39.9 Å². The molecule has 0 heterocycles. The number of aliphatic hydroxyl groups is 1. The van der Waals surface area contributed by atoms with Crippen LogP contribution in [0.15, 0.2) is 24.3 Å². The summed E-state index contributed by atoms with van der Waals surface area (Å²) in [5.41, 5.74) is 0.631. The Hall–Kier alpha value is -1.03. The normalized spacial score (nSPS) is 10.8. The molecule has 0 atom stereocenters. The lowest BCUT2D eigenvalue weighted by molar-refractivity contribution is -0.116. The molecule has 0 aliphatic carbocycles. The zero-order chi connectivity index (χ0) is 13.4. The predicted molar refractivity (Wildman–Crippen MR) is 74.8 cm³/mol. The van der Waals surface area contributed by atoms with Gasteiger partial charge in [0, 0.05) is 34.8 Å². The molecular weight excluding hydrogens is 273 g/mol. The molecule has 2 N–H and O–H groups in total. The highest BCUT2D eigenvalue weighted by atomic mass is 35.5. The largest absolute Gasteiger partial charge is 0.396 e. The first-order valence-corrected chi connectivity index (χ1v) is 6.41. The van der Waals surface area contributed by atoms with Crippen molar-refractivity contribution in [2.24, 2.45) is 0 Å². The topological polar surface area (TPSA) is 49.3 Å². The lowest BCUT2D eigenvalue weighted by Gasteiger charge is -2.02. The second-order valence-corrected chi connectivity index (χ2v) is 4.50. The summed E-state index contributed by atoms with van der Waals surface area (Å²) < 4.78 is 0. The first-order valence-electron chi connectivity index (χ1n) is 5.66. The van der Waals surface area contributed by atoms with Crippen molar-refractivity contribution >= 4 is 35.2 Å². The fourth-order valence-corrected chi connectivity index (χ4v) is 1.86. The van der Waals surface area contributed by atoms with Crippen LogP contribution in [0.3, 0.4) is 0 Å². The minimum absolute atomic E-state index is 0.140. The molecule has 1 aromatic rings. The number of benzene rings is 1. The van der Waals surface area contributed by atoms with E-state index in [0.717, 1.165) is 6.42 Å². The predicted octanol–water partition coefficient (Wildman–Crippen LogP) is 2.90. The molecular formula is C13H15Cl2NO2. The average molecular weight is 288 g/mol. The molecule has 0 radical (unpaired) electrons. The summed E-state index contributed by atoms with van der Waals surface area (Å²) >= 11 is 11.9. The minimum atomic E-state index is -0.205. The number of hydrogen-bond acceptors (Lipinski definition) is 2. The highest BCUT2D eigenvalue weighted by molar-refractivity contribution is 6.37. The van der Waals surface area contributed by atoms with Crippen LogP contribution in [-0.4, -0.2) is 24.2 Å². The highest BCUT2D eigenvalue weighted by Crippen LogP contribution is 2.25. The molecule has 0 aromatic heterocycles. The number of hydrogen-bond donors (Lipinski definition) is 2. The Morgan fingerprint density at radius 1 is 1.28 bits per heavy atom. The molecule has 1 aromatic carbocycles. The van der Waals surface area contributed by atoms with Gasteiger partial charge in [-0.2, -0.15) is 0 Å². The smallest absolute Gasteiger partial charge is 0.244 e. The summed E-state index contributed by atoms with van der Waals surface area (Å²) in [4.78, 5) is 11.5. The van der Waals surface area contributed by atoms with Gasteiger partial charge in [0.05, 0.1) is 0 Å². The molecule has 0 unspecified atom stereocenters. The second kappa shape index (κ2) is 8.14. The van der Waals surface area contributed by atoms with E-state index in [4.69, 9.17) is 28.3 Å². The molecule has 0 saturated carbocycles. The Bertz CT molecular complexity index is 413. The fourth-order valence-electron chi connectivity index (χ4n) is 1.34. The lowest BCUT2D eigenvalue weighted by atomic mass is 10.2. The van der Waals surface area contributed by atoms with E-state index >= 15 is 0 Å². The number of carbonyl (C=O) groups is 1. The van der Waals surface area contributed by atoms with Crippen molar-refractivity contribution in [3.63, 3.8) is 0 Å². The molecule has 18 heavy (non-hydrogen) atoms. The van der Waals surface area contributed by atoms with Crippen molar-refractivity contribution in [2.75, 3.05) is 13.2 Å². The average Bonchev–Trinajstić information content (AvgIpc) is 2.34. The Balaban J connectivity index is 2.51.